The van der Waals surface area contributed by atoms with Gasteiger partial charge < -0.3 is 5.32 Å². The predicted octanol–water partition coefficient (Wildman–Crippen LogP) is 4.06. The number of hydrogen-bond donors (Lipinski definition) is 1. The summed E-state index contributed by atoms with van der Waals surface area (Å²) in [6.07, 6.45) is 2.31. The van der Waals surface area contributed by atoms with E-state index in [4.69, 9.17) is 4.99 Å². The number of nitrogens with one attached hydrogen (secondary N) is 1. The molecule has 0 bridgehead atoms. The second kappa shape index (κ2) is 5.44. The molecule has 17 heavy (non-hydrogen) atoms. The molecule has 1 aliphatic heterocycles. The molecule has 4 heteroatoms. The van der Waals surface area contributed by atoms with Crippen molar-refractivity contribution in [2.45, 2.75) is 45.2 Å². The Morgan fingerprint density at radius 1 is 1.53 bits per heavy atom. The average Bonchev–Trinajstić information content (AvgIpc) is 2.87. The van der Waals surface area contributed by atoms with Crippen LogP contribution in [0.4, 0.5) is 0 Å². The van der Waals surface area contributed by atoms with E-state index >= 15 is 0 Å². The summed E-state index contributed by atoms with van der Waals surface area (Å²) in [4.78, 5) is 6.26. The lowest BCUT2D eigenvalue weighted by atomic mass is 10.1. The van der Waals surface area contributed by atoms with Crippen molar-refractivity contribution in [3.05, 3.63) is 22.4 Å². The molecule has 1 aromatic heterocycles. The summed E-state index contributed by atoms with van der Waals surface area (Å²) in [7, 11) is 0. The number of amidine groups is 1. The second-order valence-corrected chi connectivity index (χ2v) is 7.00. The standard InChI is InChI=1S/C13H20N2S2/c1-4-6-10(11-7-5-8-16-11)14-12-15-13(2,3)9-17-12/h5,7-8,10H,4,6,9H2,1-3H3,(H,14,15). The maximum atomic E-state index is 4.88. The minimum absolute atomic E-state index is 0.190. The monoisotopic (exact) mass is 268 g/mol. The summed E-state index contributed by atoms with van der Waals surface area (Å²) in [6, 6.07) is 4.64. The molecular weight excluding hydrogens is 248 g/mol. The molecular formula is C13H20N2S2. The Morgan fingerprint density at radius 3 is 2.88 bits per heavy atom. The Morgan fingerprint density at radius 2 is 2.35 bits per heavy atom. The van der Waals surface area contributed by atoms with E-state index in [1.807, 2.05) is 23.1 Å². The first-order chi connectivity index (χ1) is 8.11. The molecule has 0 aromatic carbocycles. The smallest absolute Gasteiger partial charge is 0.157 e. The van der Waals surface area contributed by atoms with E-state index in [1.54, 1.807) is 0 Å². The molecule has 1 aliphatic rings. The van der Waals surface area contributed by atoms with Crippen molar-refractivity contribution in [3.63, 3.8) is 0 Å². The fourth-order valence-corrected chi connectivity index (χ4v) is 3.77. The molecule has 0 aliphatic carbocycles. The molecule has 2 heterocycles. The topological polar surface area (TPSA) is 24.4 Å². The molecule has 1 aromatic rings. The van der Waals surface area contributed by atoms with Gasteiger partial charge in [0.1, 0.15) is 0 Å². The van der Waals surface area contributed by atoms with Crippen LogP contribution in [0, 0.1) is 0 Å². The second-order valence-electron chi connectivity index (χ2n) is 5.05. The van der Waals surface area contributed by atoms with Crippen molar-refractivity contribution in [3.8, 4) is 0 Å². The fourth-order valence-electron chi connectivity index (χ4n) is 1.85. The minimum atomic E-state index is 0.190. The quantitative estimate of drug-likeness (QED) is 0.890. The zero-order chi connectivity index (χ0) is 12.3. The molecule has 1 atom stereocenters. The SMILES string of the molecule is CCCC(N=C1NC(C)(C)CS1)c1cccs1. The largest absolute Gasteiger partial charge is 0.359 e. The molecule has 2 rings (SSSR count). The average molecular weight is 268 g/mol. The van der Waals surface area contributed by atoms with Crippen molar-refractivity contribution < 1.29 is 0 Å². The molecule has 1 N–H and O–H groups in total. The van der Waals surface area contributed by atoms with E-state index in [0.29, 0.717) is 6.04 Å². The number of thiophene rings is 1. The van der Waals surface area contributed by atoms with Crippen LogP contribution in [0.3, 0.4) is 0 Å². The van der Waals surface area contributed by atoms with Gasteiger partial charge >= 0.3 is 0 Å². The van der Waals surface area contributed by atoms with Crippen molar-refractivity contribution in [2.24, 2.45) is 4.99 Å². The van der Waals surface area contributed by atoms with Crippen LogP contribution in [0.25, 0.3) is 0 Å². The highest BCUT2D eigenvalue weighted by Gasteiger charge is 2.28. The molecule has 1 saturated heterocycles. The first-order valence-corrected chi connectivity index (χ1v) is 7.99. The van der Waals surface area contributed by atoms with Gasteiger partial charge in [-0.2, -0.15) is 0 Å². The van der Waals surface area contributed by atoms with Gasteiger partial charge in [-0.3, -0.25) is 4.99 Å². The van der Waals surface area contributed by atoms with Crippen LogP contribution < -0.4 is 5.32 Å². The molecule has 1 unspecified atom stereocenters. The molecule has 1 fully saturated rings. The zero-order valence-electron chi connectivity index (χ0n) is 10.7. The molecule has 0 spiro atoms. The van der Waals surface area contributed by atoms with E-state index < -0.39 is 0 Å². The first kappa shape index (κ1) is 13.0. The third-order valence-electron chi connectivity index (χ3n) is 2.72. The minimum Gasteiger partial charge on any atom is -0.359 e. The van der Waals surface area contributed by atoms with Crippen LogP contribution in [0.2, 0.25) is 0 Å². The van der Waals surface area contributed by atoms with Crippen LogP contribution >= 0.6 is 23.1 Å². The fraction of sp³-hybridized carbons (Fsp3) is 0.615. The lowest BCUT2D eigenvalue weighted by Gasteiger charge is -2.17. The van der Waals surface area contributed by atoms with E-state index in [0.717, 1.165) is 17.3 Å². The van der Waals surface area contributed by atoms with Gasteiger partial charge in [-0.05, 0) is 31.7 Å². The predicted molar refractivity (Wildman–Crippen MR) is 79.1 cm³/mol. The Kier molecular flexibility index (Phi) is 4.15. The third kappa shape index (κ3) is 3.49. The van der Waals surface area contributed by atoms with E-state index in [9.17, 15) is 0 Å². The Balaban J connectivity index is 2.11. The highest BCUT2D eigenvalue weighted by molar-refractivity contribution is 8.14. The number of aliphatic imine (C=N–C) groups is 1. The summed E-state index contributed by atoms with van der Waals surface area (Å²) >= 11 is 3.65. The van der Waals surface area contributed by atoms with Gasteiger partial charge in [0.25, 0.3) is 0 Å². The van der Waals surface area contributed by atoms with Crippen LogP contribution in [0.1, 0.15) is 44.5 Å². The zero-order valence-corrected chi connectivity index (χ0v) is 12.3. The van der Waals surface area contributed by atoms with Crippen LogP contribution in [-0.2, 0) is 0 Å². The molecule has 0 saturated carbocycles. The van der Waals surface area contributed by atoms with E-state index in [1.165, 1.54) is 11.3 Å². The van der Waals surface area contributed by atoms with Crippen molar-refractivity contribution in [1.29, 1.82) is 0 Å². The molecule has 0 amide bonds. The lowest BCUT2D eigenvalue weighted by molar-refractivity contribution is 0.533. The summed E-state index contributed by atoms with van der Waals surface area (Å²) in [5.74, 6) is 1.11. The van der Waals surface area contributed by atoms with Crippen molar-refractivity contribution in [1.82, 2.24) is 5.32 Å². The van der Waals surface area contributed by atoms with Gasteiger partial charge in [-0.1, -0.05) is 31.2 Å². The van der Waals surface area contributed by atoms with Crippen LogP contribution in [0.15, 0.2) is 22.5 Å². The number of nitrogens with zero attached hydrogens (tertiary/aromatic N) is 1. The van der Waals surface area contributed by atoms with Gasteiger partial charge in [0, 0.05) is 16.2 Å². The highest BCUT2D eigenvalue weighted by atomic mass is 32.2. The number of rotatable bonds is 4. The van der Waals surface area contributed by atoms with Gasteiger partial charge in [0.05, 0.1) is 6.04 Å². The molecule has 0 radical (unpaired) electrons. The number of hydrogen-bond acceptors (Lipinski definition) is 3. The third-order valence-corrected chi connectivity index (χ3v) is 5.04. The van der Waals surface area contributed by atoms with Gasteiger partial charge in [0.15, 0.2) is 5.17 Å². The normalized spacial score (nSPS) is 22.6. The summed E-state index contributed by atoms with van der Waals surface area (Å²) in [5.41, 5.74) is 0.190. The Bertz CT molecular complexity index is 382. The first-order valence-electron chi connectivity index (χ1n) is 6.13. The van der Waals surface area contributed by atoms with Gasteiger partial charge in [0.2, 0.25) is 0 Å². The maximum Gasteiger partial charge on any atom is 0.157 e. The lowest BCUT2D eigenvalue weighted by Crippen LogP contribution is -2.37. The van der Waals surface area contributed by atoms with Crippen LogP contribution in [-0.4, -0.2) is 16.5 Å². The van der Waals surface area contributed by atoms with E-state index in [2.05, 4.69) is 43.6 Å². The maximum absolute atomic E-state index is 4.88. The summed E-state index contributed by atoms with van der Waals surface area (Å²) in [6.45, 7) is 6.67. The van der Waals surface area contributed by atoms with Crippen LogP contribution in [0.5, 0.6) is 0 Å². The number of thioether (sulfide) groups is 1. The Labute approximate surface area is 112 Å². The molecule has 2 nitrogen and oxygen atoms in total. The molecule has 94 valence electrons. The van der Waals surface area contributed by atoms with Crippen molar-refractivity contribution >= 4 is 28.3 Å². The Hall–Kier alpha value is -0.480. The summed E-state index contributed by atoms with van der Waals surface area (Å²) < 4.78 is 0. The van der Waals surface area contributed by atoms with Gasteiger partial charge in [-0.25, -0.2) is 0 Å². The van der Waals surface area contributed by atoms with Gasteiger partial charge in [-0.15, -0.1) is 11.3 Å². The highest BCUT2D eigenvalue weighted by Crippen LogP contribution is 2.30. The van der Waals surface area contributed by atoms with E-state index in [-0.39, 0.29) is 5.54 Å². The van der Waals surface area contributed by atoms with Crippen molar-refractivity contribution in [2.75, 3.05) is 5.75 Å². The summed E-state index contributed by atoms with van der Waals surface area (Å²) in [5, 5.41) is 6.75.